The zero-order chi connectivity index (χ0) is 12.8. The quantitative estimate of drug-likeness (QED) is 0.731. The molecule has 5 nitrogen and oxygen atoms in total. The molecule has 18 heavy (non-hydrogen) atoms. The highest BCUT2D eigenvalue weighted by Gasteiger charge is 2.26. The highest BCUT2D eigenvalue weighted by molar-refractivity contribution is 5.80. The van der Waals surface area contributed by atoms with Gasteiger partial charge in [0.15, 0.2) is 0 Å². The van der Waals surface area contributed by atoms with Gasteiger partial charge in [0.05, 0.1) is 6.20 Å². The lowest BCUT2D eigenvalue weighted by molar-refractivity contribution is -0.132. The first-order valence-corrected chi connectivity index (χ1v) is 6.71. The highest BCUT2D eigenvalue weighted by atomic mass is 16.3. The van der Waals surface area contributed by atoms with Gasteiger partial charge >= 0.3 is 0 Å². The fourth-order valence-corrected chi connectivity index (χ4v) is 2.51. The van der Waals surface area contributed by atoms with Gasteiger partial charge in [-0.1, -0.05) is 19.3 Å². The molecule has 5 heteroatoms. The van der Waals surface area contributed by atoms with E-state index in [0.717, 1.165) is 37.7 Å². The summed E-state index contributed by atoms with van der Waals surface area (Å²) in [5.41, 5.74) is 1.06. The van der Waals surface area contributed by atoms with E-state index in [1.807, 2.05) is 6.20 Å². The second-order valence-corrected chi connectivity index (χ2v) is 4.99. The van der Waals surface area contributed by atoms with Crippen LogP contribution in [0.15, 0.2) is 12.4 Å². The number of aromatic nitrogens is 2. The maximum Gasteiger partial charge on any atom is 0.249 e. The van der Waals surface area contributed by atoms with Crippen LogP contribution in [0.4, 0.5) is 0 Å². The fraction of sp³-hybridized carbons (Fsp3) is 0.692. The maximum absolute atomic E-state index is 11.8. The van der Waals surface area contributed by atoms with Crippen molar-refractivity contribution >= 4 is 5.91 Å². The van der Waals surface area contributed by atoms with Gasteiger partial charge in [-0.05, 0) is 30.7 Å². The minimum Gasteiger partial charge on any atom is -0.383 e. The van der Waals surface area contributed by atoms with Crippen LogP contribution >= 0.6 is 0 Å². The Bertz CT molecular complexity index is 358. The van der Waals surface area contributed by atoms with Crippen molar-refractivity contribution in [1.29, 1.82) is 0 Å². The molecule has 2 rings (SSSR count). The van der Waals surface area contributed by atoms with E-state index in [1.54, 1.807) is 6.20 Å². The largest absolute Gasteiger partial charge is 0.383 e. The molecular formula is C13H21N3O2. The van der Waals surface area contributed by atoms with Crippen molar-refractivity contribution < 1.29 is 9.90 Å². The van der Waals surface area contributed by atoms with Crippen molar-refractivity contribution in [2.75, 3.05) is 6.54 Å². The van der Waals surface area contributed by atoms with E-state index in [4.69, 9.17) is 0 Å². The summed E-state index contributed by atoms with van der Waals surface area (Å²) in [7, 11) is 0. The molecule has 100 valence electrons. The Balaban J connectivity index is 1.70. The molecule has 1 saturated carbocycles. The third kappa shape index (κ3) is 3.57. The molecule has 0 bridgehead atoms. The minimum absolute atomic E-state index is 0.146. The Morgan fingerprint density at radius 1 is 1.50 bits per heavy atom. The summed E-state index contributed by atoms with van der Waals surface area (Å²) in [6.07, 6.45) is 8.87. The van der Waals surface area contributed by atoms with Gasteiger partial charge in [-0.15, -0.1) is 0 Å². The summed E-state index contributed by atoms with van der Waals surface area (Å²) in [4.78, 5) is 11.8. The Hall–Kier alpha value is -1.36. The summed E-state index contributed by atoms with van der Waals surface area (Å²) in [6.45, 7) is 0.544. The van der Waals surface area contributed by atoms with Crippen molar-refractivity contribution in [1.82, 2.24) is 15.5 Å². The second-order valence-electron chi connectivity index (χ2n) is 4.99. The van der Waals surface area contributed by atoms with E-state index in [0.29, 0.717) is 6.54 Å². The summed E-state index contributed by atoms with van der Waals surface area (Å²) in [5, 5.41) is 19.3. The molecule has 0 spiro atoms. The van der Waals surface area contributed by atoms with E-state index in [-0.39, 0.29) is 11.8 Å². The molecule has 1 aromatic heterocycles. The number of nitrogens with one attached hydrogen (secondary N) is 2. The van der Waals surface area contributed by atoms with Crippen LogP contribution in [-0.2, 0) is 11.2 Å². The molecule has 1 heterocycles. The van der Waals surface area contributed by atoms with Crippen LogP contribution in [0.5, 0.6) is 0 Å². The molecule has 1 aliphatic rings. The van der Waals surface area contributed by atoms with Crippen molar-refractivity contribution in [2.24, 2.45) is 5.92 Å². The van der Waals surface area contributed by atoms with Crippen molar-refractivity contribution in [3.63, 3.8) is 0 Å². The average Bonchev–Trinajstić information content (AvgIpc) is 2.92. The van der Waals surface area contributed by atoms with Gasteiger partial charge in [-0.25, -0.2) is 0 Å². The Morgan fingerprint density at radius 2 is 2.28 bits per heavy atom. The van der Waals surface area contributed by atoms with Gasteiger partial charge in [0.1, 0.15) is 6.10 Å². The SMILES string of the molecule is O=C(NCCc1cn[nH]c1)[C@H](O)C1CCCCC1. The number of nitrogens with zero attached hydrogens (tertiary/aromatic N) is 1. The van der Waals surface area contributed by atoms with Gasteiger partial charge in [0.25, 0.3) is 0 Å². The van der Waals surface area contributed by atoms with Gasteiger partial charge < -0.3 is 10.4 Å². The number of hydrogen-bond acceptors (Lipinski definition) is 3. The lowest BCUT2D eigenvalue weighted by atomic mass is 9.85. The molecular weight excluding hydrogens is 230 g/mol. The van der Waals surface area contributed by atoms with Crippen LogP contribution in [-0.4, -0.2) is 33.9 Å². The number of aliphatic hydroxyl groups is 1. The van der Waals surface area contributed by atoms with Crippen LogP contribution < -0.4 is 5.32 Å². The maximum atomic E-state index is 11.8. The minimum atomic E-state index is -0.838. The molecule has 3 N–H and O–H groups in total. The molecule has 1 fully saturated rings. The number of amides is 1. The molecule has 0 aromatic carbocycles. The monoisotopic (exact) mass is 251 g/mol. The van der Waals surface area contributed by atoms with E-state index in [9.17, 15) is 9.90 Å². The third-order valence-electron chi connectivity index (χ3n) is 3.63. The summed E-state index contributed by atoms with van der Waals surface area (Å²) in [6, 6.07) is 0. The third-order valence-corrected chi connectivity index (χ3v) is 3.63. The van der Waals surface area contributed by atoms with Crippen LogP contribution in [0, 0.1) is 5.92 Å². The highest BCUT2D eigenvalue weighted by Crippen LogP contribution is 2.26. The molecule has 1 aromatic rings. The van der Waals surface area contributed by atoms with E-state index < -0.39 is 6.10 Å². The number of aliphatic hydroxyl groups excluding tert-OH is 1. The van der Waals surface area contributed by atoms with Gasteiger partial charge in [-0.3, -0.25) is 9.89 Å². The zero-order valence-corrected chi connectivity index (χ0v) is 10.6. The number of hydrogen-bond donors (Lipinski definition) is 3. The second kappa shape index (κ2) is 6.54. The van der Waals surface area contributed by atoms with Crippen molar-refractivity contribution in [3.8, 4) is 0 Å². The smallest absolute Gasteiger partial charge is 0.249 e. The Labute approximate surface area is 107 Å². The lowest BCUT2D eigenvalue weighted by Gasteiger charge is -2.25. The molecule has 0 saturated heterocycles. The first-order valence-electron chi connectivity index (χ1n) is 6.71. The van der Waals surface area contributed by atoms with E-state index in [2.05, 4.69) is 15.5 Å². The fourth-order valence-electron chi connectivity index (χ4n) is 2.51. The van der Waals surface area contributed by atoms with Gasteiger partial charge in [0.2, 0.25) is 5.91 Å². The predicted molar refractivity (Wildman–Crippen MR) is 67.9 cm³/mol. The standard InChI is InChI=1S/C13H21N3O2/c17-12(11-4-2-1-3-5-11)13(18)14-7-6-10-8-15-16-9-10/h8-9,11-12,17H,1-7H2,(H,14,18)(H,15,16)/t12-/m1/s1. The first kappa shape index (κ1) is 13.1. The van der Waals surface area contributed by atoms with E-state index in [1.165, 1.54) is 6.42 Å². The lowest BCUT2D eigenvalue weighted by Crippen LogP contribution is -2.40. The molecule has 1 atom stereocenters. The molecule has 0 radical (unpaired) electrons. The number of rotatable bonds is 5. The van der Waals surface area contributed by atoms with Gasteiger partial charge in [0, 0.05) is 12.7 Å². The number of carbonyl (C=O) groups is 1. The molecule has 0 unspecified atom stereocenters. The predicted octanol–water partition coefficient (Wildman–Crippen LogP) is 1.01. The van der Waals surface area contributed by atoms with Crippen molar-refractivity contribution in [3.05, 3.63) is 18.0 Å². The molecule has 1 amide bonds. The van der Waals surface area contributed by atoms with Crippen LogP contribution in [0.2, 0.25) is 0 Å². The van der Waals surface area contributed by atoms with Crippen LogP contribution in [0.25, 0.3) is 0 Å². The Kier molecular flexibility index (Phi) is 4.75. The normalized spacial score (nSPS) is 18.5. The first-order chi connectivity index (χ1) is 8.77. The van der Waals surface area contributed by atoms with Crippen LogP contribution in [0.1, 0.15) is 37.7 Å². The van der Waals surface area contributed by atoms with Crippen molar-refractivity contribution in [2.45, 2.75) is 44.6 Å². The summed E-state index contributed by atoms with van der Waals surface area (Å²) in [5.74, 6) is -0.0851. The summed E-state index contributed by atoms with van der Waals surface area (Å²) < 4.78 is 0. The number of H-pyrrole nitrogens is 1. The van der Waals surface area contributed by atoms with E-state index >= 15 is 0 Å². The Morgan fingerprint density at radius 3 is 2.94 bits per heavy atom. The average molecular weight is 251 g/mol. The van der Waals surface area contributed by atoms with Gasteiger partial charge in [-0.2, -0.15) is 5.10 Å². The topological polar surface area (TPSA) is 78.0 Å². The molecule has 0 aliphatic heterocycles. The van der Waals surface area contributed by atoms with Crippen LogP contribution in [0.3, 0.4) is 0 Å². The number of carbonyl (C=O) groups excluding carboxylic acids is 1. The molecule has 1 aliphatic carbocycles. The summed E-state index contributed by atoms with van der Waals surface area (Å²) >= 11 is 0. The number of aromatic amines is 1. The zero-order valence-electron chi connectivity index (χ0n) is 10.6.